The van der Waals surface area contributed by atoms with E-state index in [9.17, 15) is 4.79 Å². The number of azide groups is 1. The molecular formula is C6H12N4O. The number of rotatable bonds is 2. The van der Waals surface area contributed by atoms with E-state index >= 15 is 0 Å². The molecule has 0 aliphatic carbocycles. The maximum Gasteiger partial charge on any atom is 0.232 e. The van der Waals surface area contributed by atoms with E-state index in [1.54, 1.807) is 0 Å². The van der Waals surface area contributed by atoms with Crippen LogP contribution in [0.2, 0.25) is 0 Å². The third-order valence-corrected chi connectivity index (χ3v) is 0.926. The summed E-state index contributed by atoms with van der Waals surface area (Å²) >= 11 is 0. The zero-order valence-corrected chi connectivity index (χ0v) is 6.96. The van der Waals surface area contributed by atoms with Crippen molar-refractivity contribution in [3.63, 3.8) is 0 Å². The van der Waals surface area contributed by atoms with Gasteiger partial charge >= 0.3 is 0 Å². The van der Waals surface area contributed by atoms with Gasteiger partial charge in [-0.2, -0.15) is 0 Å². The predicted octanol–water partition coefficient (Wildman–Crippen LogP) is 1.21. The minimum Gasteiger partial charge on any atom is -0.305 e. The van der Waals surface area contributed by atoms with E-state index < -0.39 is 5.91 Å². The van der Waals surface area contributed by atoms with Gasteiger partial charge in [-0.05, 0) is 31.4 Å². The molecule has 0 aliphatic rings. The van der Waals surface area contributed by atoms with Gasteiger partial charge in [-0.25, -0.2) is 0 Å². The normalized spacial score (nSPS) is 10.5. The molecule has 62 valence electrons. The molecule has 0 aromatic carbocycles. The van der Waals surface area contributed by atoms with Crippen LogP contribution in [-0.2, 0) is 4.79 Å². The summed E-state index contributed by atoms with van der Waals surface area (Å²) in [7, 11) is 0. The van der Waals surface area contributed by atoms with Crippen molar-refractivity contribution in [2.24, 2.45) is 5.11 Å². The SMILES string of the molecule is CC(C)(C)NCC(=O)N=[N+]=[N-]. The molecular weight excluding hydrogens is 144 g/mol. The number of carbonyl (C=O) groups excluding carboxylic acids is 1. The highest BCUT2D eigenvalue weighted by molar-refractivity contribution is 5.78. The second-order valence-electron chi connectivity index (χ2n) is 3.19. The summed E-state index contributed by atoms with van der Waals surface area (Å²) < 4.78 is 0. The molecule has 0 aliphatic heterocycles. The van der Waals surface area contributed by atoms with Crippen LogP contribution in [0.25, 0.3) is 10.4 Å². The first-order valence-corrected chi connectivity index (χ1v) is 3.28. The van der Waals surface area contributed by atoms with E-state index in [1.165, 1.54) is 0 Å². The summed E-state index contributed by atoms with van der Waals surface area (Å²) in [5, 5.41) is 5.80. The van der Waals surface area contributed by atoms with Crippen LogP contribution in [0.1, 0.15) is 20.8 Å². The minimum atomic E-state index is -0.484. The summed E-state index contributed by atoms with van der Waals surface area (Å²) in [6, 6.07) is 0. The molecule has 0 spiro atoms. The van der Waals surface area contributed by atoms with Crippen LogP contribution in [0.5, 0.6) is 0 Å². The molecule has 0 aromatic rings. The molecule has 0 saturated heterocycles. The number of hydrogen-bond acceptors (Lipinski definition) is 2. The highest BCUT2D eigenvalue weighted by Crippen LogP contribution is 1.96. The van der Waals surface area contributed by atoms with Gasteiger partial charge in [0.25, 0.3) is 0 Å². The topological polar surface area (TPSA) is 77.9 Å². The minimum absolute atomic E-state index is 0.0908. The summed E-state index contributed by atoms with van der Waals surface area (Å²) in [5.41, 5.74) is 7.75. The van der Waals surface area contributed by atoms with Gasteiger partial charge in [-0.15, -0.1) is 0 Å². The fourth-order valence-electron chi connectivity index (χ4n) is 0.426. The van der Waals surface area contributed by atoms with Crippen LogP contribution in [-0.4, -0.2) is 18.0 Å². The summed E-state index contributed by atoms with van der Waals surface area (Å²) in [5.74, 6) is -0.484. The Kier molecular flexibility index (Phi) is 3.57. The lowest BCUT2D eigenvalue weighted by atomic mass is 10.1. The number of amides is 1. The average Bonchev–Trinajstić information content (AvgIpc) is 1.83. The highest BCUT2D eigenvalue weighted by Gasteiger charge is 2.09. The summed E-state index contributed by atoms with van der Waals surface area (Å²) in [6.45, 7) is 5.87. The molecule has 0 aromatic heterocycles. The van der Waals surface area contributed by atoms with Crippen LogP contribution in [0, 0.1) is 0 Å². The van der Waals surface area contributed by atoms with Crippen molar-refractivity contribution < 1.29 is 4.79 Å². The lowest BCUT2D eigenvalue weighted by molar-refractivity contribution is -0.117. The molecule has 0 radical (unpaired) electrons. The highest BCUT2D eigenvalue weighted by atomic mass is 16.1. The third kappa shape index (κ3) is 6.83. The fraction of sp³-hybridized carbons (Fsp3) is 0.833. The van der Waals surface area contributed by atoms with E-state index in [0.29, 0.717) is 0 Å². The van der Waals surface area contributed by atoms with E-state index in [4.69, 9.17) is 5.53 Å². The van der Waals surface area contributed by atoms with Gasteiger partial charge in [-0.3, -0.25) is 4.79 Å². The average molecular weight is 156 g/mol. The summed E-state index contributed by atoms with van der Waals surface area (Å²) in [4.78, 5) is 13.0. The Hall–Kier alpha value is -1.06. The standard InChI is InChI=1S/C6H12N4O/c1-6(2,3)8-4-5(11)9-10-7/h8H,4H2,1-3H3. The van der Waals surface area contributed by atoms with Crippen LogP contribution in [0.15, 0.2) is 5.11 Å². The molecule has 0 bridgehead atoms. The van der Waals surface area contributed by atoms with Gasteiger partial charge < -0.3 is 5.32 Å². The monoisotopic (exact) mass is 156 g/mol. The van der Waals surface area contributed by atoms with E-state index in [-0.39, 0.29) is 12.1 Å². The van der Waals surface area contributed by atoms with E-state index in [1.807, 2.05) is 20.8 Å². The Bertz CT molecular complexity index is 187. The van der Waals surface area contributed by atoms with Crippen LogP contribution in [0.4, 0.5) is 0 Å². The molecule has 11 heavy (non-hydrogen) atoms. The molecule has 0 heterocycles. The molecule has 0 atom stereocenters. The van der Waals surface area contributed by atoms with Crippen molar-refractivity contribution in [2.75, 3.05) is 6.54 Å². The Morgan fingerprint density at radius 1 is 1.64 bits per heavy atom. The predicted molar refractivity (Wildman–Crippen MR) is 41.9 cm³/mol. The van der Waals surface area contributed by atoms with E-state index in [0.717, 1.165) is 0 Å². The van der Waals surface area contributed by atoms with Gasteiger partial charge in [-0.1, -0.05) is 0 Å². The fourth-order valence-corrected chi connectivity index (χ4v) is 0.426. The molecule has 0 fully saturated rings. The number of nitrogens with one attached hydrogen (secondary N) is 1. The first kappa shape index (κ1) is 9.94. The first-order chi connectivity index (χ1) is 4.95. The Balaban J connectivity index is 3.72. The van der Waals surface area contributed by atoms with Crippen molar-refractivity contribution in [3.8, 4) is 0 Å². The Labute approximate surface area is 65.4 Å². The van der Waals surface area contributed by atoms with E-state index in [2.05, 4.69) is 15.3 Å². The van der Waals surface area contributed by atoms with Gasteiger partial charge in [0, 0.05) is 10.5 Å². The number of carbonyl (C=O) groups is 1. The van der Waals surface area contributed by atoms with Crippen LogP contribution in [0.3, 0.4) is 0 Å². The summed E-state index contributed by atoms with van der Waals surface area (Å²) in [6.07, 6.45) is 0. The van der Waals surface area contributed by atoms with Gasteiger partial charge in [0.15, 0.2) is 0 Å². The molecule has 5 heteroatoms. The Morgan fingerprint density at radius 3 is 2.55 bits per heavy atom. The second-order valence-corrected chi connectivity index (χ2v) is 3.19. The number of hydrogen-bond donors (Lipinski definition) is 1. The molecule has 1 N–H and O–H groups in total. The van der Waals surface area contributed by atoms with Gasteiger partial charge in [0.05, 0.1) is 6.54 Å². The van der Waals surface area contributed by atoms with Crippen molar-refractivity contribution in [1.29, 1.82) is 0 Å². The van der Waals surface area contributed by atoms with Gasteiger partial charge in [0.2, 0.25) is 5.91 Å². The maximum atomic E-state index is 10.6. The molecule has 5 nitrogen and oxygen atoms in total. The molecule has 0 unspecified atom stereocenters. The lowest BCUT2D eigenvalue weighted by Crippen LogP contribution is -2.38. The molecule has 0 rings (SSSR count). The van der Waals surface area contributed by atoms with Crippen LogP contribution < -0.4 is 5.32 Å². The zero-order chi connectivity index (χ0) is 8.91. The smallest absolute Gasteiger partial charge is 0.232 e. The Morgan fingerprint density at radius 2 is 2.18 bits per heavy atom. The van der Waals surface area contributed by atoms with Crippen molar-refractivity contribution in [3.05, 3.63) is 10.4 Å². The van der Waals surface area contributed by atoms with Crippen molar-refractivity contribution in [2.45, 2.75) is 26.3 Å². The quantitative estimate of drug-likeness (QED) is 0.370. The first-order valence-electron chi connectivity index (χ1n) is 3.28. The maximum absolute atomic E-state index is 10.6. The van der Waals surface area contributed by atoms with Crippen LogP contribution >= 0.6 is 0 Å². The van der Waals surface area contributed by atoms with Crippen molar-refractivity contribution >= 4 is 5.91 Å². The zero-order valence-electron chi connectivity index (χ0n) is 6.96. The lowest BCUT2D eigenvalue weighted by Gasteiger charge is -2.18. The molecule has 1 amide bonds. The largest absolute Gasteiger partial charge is 0.305 e. The van der Waals surface area contributed by atoms with Crippen molar-refractivity contribution in [1.82, 2.24) is 5.32 Å². The van der Waals surface area contributed by atoms with Gasteiger partial charge in [0.1, 0.15) is 0 Å². The number of nitrogens with zero attached hydrogens (tertiary/aromatic N) is 3. The third-order valence-electron chi connectivity index (χ3n) is 0.926. The molecule has 0 saturated carbocycles. The second kappa shape index (κ2) is 3.95.